The Labute approximate surface area is 389 Å². The van der Waals surface area contributed by atoms with Crippen LogP contribution in [0, 0.1) is 104 Å². The first-order chi connectivity index (χ1) is 30.7. The summed E-state index contributed by atoms with van der Waals surface area (Å²) in [4.78, 5) is 0. The van der Waals surface area contributed by atoms with Crippen LogP contribution < -0.4 is 0 Å². The molecule has 0 radical (unpaired) electrons. The highest BCUT2D eigenvalue weighted by Gasteiger charge is 2.74. The van der Waals surface area contributed by atoms with Gasteiger partial charge in [-0.15, -0.1) is 0 Å². The third kappa shape index (κ3) is 7.16. The second-order valence-electron chi connectivity index (χ2n) is 28.0. The molecule has 13 saturated carbocycles. The van der Waals surface area contributed by atoms with Gasteiger partial charge in [0, 0.05) is 0 Å². The zero-order valence-electron chi connectivity index (χ0n) is 40.4. The molecule has 8 bridgehead atoms. The van der Waals surface area contributed by atoms with Gasteiger partial charge in [0.25, 0.3) is 0 Å². The van der Waals surface area contributed by atoms with Gasteiger partial charge in [-0.3, -0.25) is 0 Å². The summed E-state index contributed by atoms with van der Waals surface area (Å²) in [5, 5.41) is 120. The van der Waals surface area contributed by atoms with E-state index in [1.807, 2.05) is 20.8 Å². The maximum absolute atomic E-state index is 13.1. The summed E-state index contributed by atoms with van der Waals surface area (Å²) in [6, 6.07) is 0. The standard InChI is InChI=1S/C55H90O10/c1-5-33-9-47(63)37(13-43(33)59)53-19-32-18-52(23-53,36-12-42(58)30(4)8-46(36)62)26-55(21-32,27-53)39-15-48(64)38(14-49(39)65)54-20-31-16-50(24-54,34-10-40(56)28(2)6-44(34)60)22-51(17-31,25-54)35-11-41(57)29(3)7-45(35)61/h28-49,56-65H,5-27H2,1-4H3/t28-,29+,30-,31?,32?,33?,34?,35?,36?,37?,38?,39?,40?,41?,42?,43?,44?,45?,46?,47?,48?,49?,50?,51?,52?,53?,54?,55?/m1/s1. The van der Waals surface area contributed by atoms with Crippen molar-refractivity contribution >= 4 is 0 Å². The summed E-state index contributed by atoms with van der Waals surface area (Å²) >= 11 is 0. The summed E-state index contributed by atoms with van der Waals surface area (Å²) in [7, 11) is 0. The van der Waals surface area contributed by atoms with Crippen molar-refractivity contribution in [3.05, 3.63) is 0 Å². The SMILES string of the molecule is CCC1CC(O)C(C23CC4CC(C5CC(O)C(C67CC8CC(C9CC(O)[C@H](C)CC9O)(C6)CC(C6CC(O)[C@@H](C)CC6O)(C8)C7)CC5O)(C2)CC(C2CC(O)[C@H](C)CC2O)(C4)C3)CC1O. The van der Waals surface area contributed by atoms with Crippen molar-refractivity contribution in [1.29, 1.82) is 0 Å². The van der Waals surface area contributed by atoms with Gasteiger partial charge in [0.15, 0.2) is 0 Å². The van der Waals surface area contributed by atoms with E-state index >= 15 is 0 Å². The Bertz CT molecular complexity index is 1730. The Balaban J connectivity index is 0.944. The Morgan fingerprint density at radius 2 is 0.508 bits per heavy atom. The zero-order chi connectivity index (χ0) is 46.0. The minimum atomic E-state index is -0.646. The quantitative estimate of drug-likeness (QED) is 0.142. The molecule has 28 atom stereocenters. The highest BCUT2D eigenvalue weighted by atomic mass is 16.3. The average Bonchev–Trinajstić information content (AvgIpc) is 3.22. The van der Waals surface area contributed by atoms with Crippen LogP contribution in [-0.4, -0.2) is 112 Å². The third-order valence-electron chi connectivity index (χ3n) is 24.3. The predicted molar refractivity (Wildman–Crippen MR) is 245 cm³/mol. The monoisotopic (exact) mass is 911 g/mol. The first-order valence-electron chi connectivity index (χ1n) is 27.5. The van der Waals surface area contributed by atoms with Crippen molar-refractivity contribution < 1.29 is 51.1 Å². The van der Waals surface area contributed by atoms with Gasteiger partial charge < -0.3 is 51.1 Å². The van der Waals surface area contributed by atoms with E-state index in [9.17, 15) is 51.1 Å². The number of hydrogen-bond acceptors (Lipinski definition) is 10. The molecule has 0 heterocycles. The molecule has 0 aromatic heterocycles. The maximum Gasteiger partial charge on any atom is 0.0578 e. The maximum atomic E-state index is 13.1. The van der Waals surface area contributed by atoms with Gasteiger partial charge in [-0.2, -0.15) is 0 Å². The molecule has 10 N–H and O–H groups in total. The molecule has 0 aromatic carbocycles. The van der Waals surface area contributed by atoms with E-state index in [4.69, 9.17) is 0 Å². The van der Waals surface area contributed by atoms with Crippen molar-refractivity contribution in [2.75, 3.05) is 0 Å². The van der Waals surface area contributed by atoms with Crippen molar-refractivity contribution in [3.8, 4) is 0 Å². The molecular weight excluding hydrogens is 821 g/mol. The normalized spacial score (nSPS) is 63.2. The Hall–Kier alpha value is -0.400. The van der Waals surface area contributed by atoms with Crippen LogP contribution in [0.3, 0.4) is 0 Å². The smallest absolute Gasteiger partial charge is 0.0578 e. The molecule has 65 heavy (non-hydrogen) atoms. The molecule has 0 spiro atoms. The van der Waals surface area contributed by atoms with Crippen molar-refractivity contribution in [1.82, 2.24) is 0 Å². The number of rotatable bonds is 7. The number of hydrogen-bond donors (Lipinski definition) is 10. The fourth-order valence-electron chi connectivity index (χ4n) is 22.7. The first kappa shape index (κ1) is 47.0. The van der Waals surface area contributed by atoms with E-state index in [1.54, 1.807) is 0 Å². The van der Waals surface area contributed by atoms with Crippen LogP contribution in [0.4, 0.5) is 0 Å². The van der Waals surface area contributed by atoms with E-state index < -0.39 is 61.0 Å². The summed E-state index contributed by atoms with van der Waals surface area (Å²) in [6.45, 7) is 8.23. The van der Waals surface area contributed by atoms with Gasteiger partial charge in [-0.05, 0) is 245 Å². The van der Waals surface area contributed by atoms with Crippen LogP contribution in [0.15, 0.2) is 0 Å². The van der Waals surface area contributed by atoms with Crippen LogP contribution in [0.2, 0.25) is 0 Å². The molecule has 25 unspecified atom stereocenters. The molecule has 13 rings (SSSR count). The molecule has 13 aliphatic carbocycles. The lowest BCUT2D eigenvalue weighted by Gasteiger charge is -2.75. The van der Waals surface area contributed by atoms with E-state index in [0.29, 0.717) is 76.0 Å². The van der Waals surface area contributed by atoms with Crippen LogP contribution in [0.1, 0.15) is 175 Å². The lowest BCUT2D eigenvalue weighted by atomic mass is 9.30. The summed E-state index contributed by atoms with van der Waals surface area (Å²) in [6.07, 6.45) is 12.3. The molecule has 0 amide bonds. The zero-order valence-corrected chi connectivity index (χ0v) is 40.4. The highest BCUT2D eigenvalue weighted by molar-refractivity contribution is 5.23. The van der Waals surface area contributed by atoms with E-state index in [2.05, 4.69) is 6.92 Å². The highest BCUT2D eigenvalue weighted by Crippen LogP contribution is 2.80. The van der Waals surface area contributed by atoms with Gasteiger partial charge >= 0.3 is 0 Å². The van der Waals surface area contributed by atoms with Crippen molar-refractivity contribution in [2.45, 2.75) is 236 Å². The largest absolute Gasteiger partial charge is 0.393 e. The van der Waals surface area contributed by atoms with Crippen LogP contribution >= 0.6 is 0 Å². The third-order valence-corrected chi connectivity index (χ3v) is 24.3. The Morgan fingerprint density at radius 1 is 0.292 bits per heavy atom. The molecule has 0 aliphatic heterocycles. The fraction of sp³-hybridized carbons (Fsp3) is 1.00. The predicted octanol–water partition coefficient (Wildman–Crippen LogP) is 6.11. The van der Waals surface area contributed by atoms with Crippen molar-refractivity contribution in [2.24, 2.45) is 104 Å². The summed E-state index contributed by atoms with van der Waals surface area (Å²) in [5.74, 6) is 0.275. The van der Waals surface area contributed by atoms with Crippen LogP contribution in [-0.2, 0) is 0 Å². The molecule has 10 heteroatoms. The summed E-state index contributed by atoms with van der Waals surface area (Å²) < 4.78 is 0. The average molecular weight is 911 g/mol. The molecule has 0 aromatic rings. The van der Waals surface area contributed by atoms with Gasteiger partial charge in [0.05, 0.1) is 61.0 Å². The van der Waals surface area contributed by atoms with Gasteiger partial charge in [-0.25, -0.2) is 0 Å². The fourth-order valence-corrected chi connectivity index (χ4v) is 22.7. The molecule has 0 saturated heterocycles. The molecular formula is C55H90O10. The lowest BCUT2D eigenvalue weighted by molar-refractivity contribution is -0.279. The number of aliphatic hydroxyl groups is 10. The molecule has 370 valence electrons. The van der Waals surface area contributed by atoms with Gasteiger partial charge in [-0.1, -0.05) is 34.1 Å². The minimum absolute atomic E-state index is 0.0273. The Morgan fingerprint density at radius 3 is 0.769 bits per heavy atom. The van der Waals surface area contributed by atoms with Crippen LogP contribution in [0.25, 0.3) is 0 Å². The number of aliphatic hydroxyl groups excluding tert-OH is 10. The second-order valence-corrected chi connectivity index (χ2v) is 28.0. The Kier molecular flexibility index (Phi) is 11.6. The first-order valence-corrected chi connectivity index (χ1v) is 27.5. The molecule has 13 aliphatic rings. The topological polar surface area (TPSA) is 202 Å². The van der Waals surface area contributed by atoms with E-state index in [0.717, 1.165) is 83.5 Å². The molecule has 13 fully saturated rings. The van der Waals surface area contributed by atoms with E-state index in [-0.39, 0.29) is 91.7 Å². The summed E-state index contributed by atoms with van der Waals surface area (Å²) in [5.41, 5.74) is -1.60. The minimum Gasteiger partial charge on any atom is -0.393 e. The van der Waals surface area contributed by atoms with E-state index in [1.165, 1.54) is 0 Å². The van der Waals surface area contributed by atoms with Gasteiger partial charge in [0.1, 0.15) is 0 Å². The lowest BCUT2D eigenvalue weighted by Crippen LogP contribution is -2.69. The van der Waals surface area contributed by atoms with Gasteiger partial charge in [0.2, 0.25) is 0 Å². The van der Waals surface area contributed by atoms with Crippen molar-refractivity contribution in [3.63, 3.8) is 0 Å². The molecule has 10 nitrogen and oxygen atoms in total. The second kappa shape index (κ2) is 16.1. The van der Waals surface area contributed by atoms with Crippen LogP contribution in [0.5, 0.6) is 0 Å².